The average molecular weight is 230 g/mol. The Morgan fingerprint density at radius 3 is 3.00 bits per heavy atom. The number of fused-ring (bicyclic) bond motifs is 1. The van der Waals surface area contributed by atoms with Crippen molar-refractivity contribution in [2.75, 3.05) is 20.1 Å². The summed E-state index contributed by atoms with van der Waals surface area (Å²) in [5.74, 6) is 2.49. The number of allylic oxidation sites excluding steroid dienone is 1. The van der Waals surface area contributed by atoms with Crippen LogP contribution in [-0.2, 0) is 0 Å². The summed E-state index contributed by atoms with van der Waals surface area (Å²) in [5.41, 5.74) is 0. The van der Waals surface area contributed by atoms with Crippen molar-refractivity contribution < 1.29 is 0 Å². The summed E-state index contributed by atoms with van der Waals surface area (Å²) in [5, 5.41) is 0. The number of rotatable bonds is 0. The molecule has 0 aromatic heterocycles. The SMILES string of the molecule is C[C@@H]1C[C@@H]2CN(C)C[C@@H]2C=C1Br. The van der Waals surface area contributed by atoms with E-state index < -0.39 is 0 Å². The molecule has 1 fully saturated rings. The fourth-order valence-corrected chi connectivity index (χ4v) is 3.02. The summed E-state index contributed by atoms with van der Waals surface area (Å²) in [4.78, 5) is 2.45. The summed E-state index contributed by atoms with van der Waals surface area (Å²) in [6.07, 6.45) is 3.80. The molecular formula is C10H16BrN. The van der Waals surface area contributed by atoms with Crippen LogP contribution in [0.15, 0.2) is 10.6 Å². The van der Waals surface area contributed by atoms with E-state index in [1.807, 2.05) is 0 Å². The number of halogens is 1. The Balaban J connectivity index is 2.14. The predicted molar refractivity (Wildman–Crippen MR) is 55.3 cm³/mol. The zero-order chi connectivity index (χ0) is 8.72. The van der Waals surface area contributed by atoms with Crippen LogP contribution in [0.2, 0.25) is 0 Å². The first-order valence-corrected chi connectivity index (χ1v) is 5.52. The topological polar surface area (TPSA) is 3.24 Å². The van der Waals surface area contributed by atoms with Gasteiger partial charge in [0.2, 0.25) is 0 Å². The van der Waals surface area contributed by atoms with Gasteiger partial charge in [-0.15, -0.1) is 0 Å². The molecule has 0 aromatic rings. The molecule has 2 rings (SSSR count). The Kier molecular flexibility index (Phi) is 2.30. The van der Waals surface area contributed by atoms with Gasteiger partial charge >= 0.3 is 0 Å². The average Bonchev–Trinajstić information content (AvgIpc) is 2.30. The van der Waals surface area contributed by atoms with Gasteiger partial charge in [0.05, 0.1) is 0 Å². The van der Waals surface area contributed by atoms with Crippen molar-refractivity contribution in [2.45, 2.75) is 13.3 Å². The lowest BCUT2D eigenvalue weighted by molar-refractivity contribution is 0.362. The van der Waals surface area contributed by atoms with Crippen LogP contribution in [0.25, 0.3) is 0 Å². The molecule has 0 unspecified atom stereocenters. The molecule has 1 nitrogen and oxygen atoms in total. The third-order valence-electron chi connectivity index (χ3n) is 3.17. The van der Waals surface area contributed by atoms with Gasteiger partial charge in [0.25, 0.3) is 0 Å². The van der Waals surface area contributed by atoms with Crippen LogP contribution >= 0.6 is 15.9 Å². The molecule has 0 spiro atoms. The second-order valence-electron chi connectivity index (χ2n) is 4.33. The molecule has 2 heteroatoms. The van der Waals surface area contributed by atoms with Crippen molar-refractivity contribution in [1.82, 2.24) is 4.90 Å². The van der Waals surface area contributed by atoms with Gasteiger partial charge in [0.1, 0.15) is 0 Å². The highest BCUT2D eigenvalue weighted by atomic mass is 79.9. The van der Waals surface area contributed by atoms with Crippen LogP contribution in [0.4, 0.5) is 0 Å². The quantitative estimate of drug-likeness (QED) is 0.618. The minimum absolute atomic E-state index is 0.748. The van der Waals surface area contributed by atoms with Crippen LogP contribution in [0.1, 0.15) is 13.3 Å². The smallest absolute Gasteiger partial charge is 0.00449 e. The van der Waals surface area contributed by atoms with Crippen LogP contribution in [0, 0.1) is 17.8 Å². The van der Waals surface area contributed by atoms with Crippen molar-refractivity contribution >= 4 is 15.9 Å². The summed E-state index contributed by atoms with van der Waals surface area (Å²) in [6, 6.07) is 0. The van der Waals surface area contributed by atoms with E-state index in [2.05, 4.69) is 40.9 Å². The maximum atomic E-state index is 3.65. The van der Waals surface area contributed by atoms with E-state index in [1.165, 1.54) is 24.0 Å². The first kappa shape index (κ1) is 8.76. The standard InChI is InChI=1S/C10H16BrN/c1-7-3-8-5-12(2)6-9(8)4-10(7)11/h4,7-9H,3,5-6H2,1-2H3/t7-,8-,9+/m1/s1. The van der Waals surface area contributed by atoms with Crippen LogP contribution < -0.4 is 0 Å². The van der Waals surface area contributed by atoms with Crippen molar-refractivity contribution in [3.63, 3.8) is 0 Å². The van der Waals surface area contributed by atoms with Crippen LogP contribution in [-0.4, -0.2) is 25.0 Å². The highest BCUT2D eigenvalue weighted by molar-refractivity contribution is 9.11. The summed E-state index contributed by atoms with van der Waals surface area (Å²) in [6.45, 7) is 4.87. The van der Waals surface area contributed by atoms with Gasteiger partial charge in [-0.2, -0.15) is 0 Å². The molecular weight excluding hydrogens is 214 g/mol. The molecule has 0 N–H and O–H groups in total. The van der Waals surface area contributed by atoms with Crippen LogP contribution in [0.3, 0.4) is 0 Å². The van der Waals surface area contributed by atoms with Crippen molar-refractivity contribution in [3.05, 3.63) is 10.6 Å². The number of hydrogen-bond donors (Lipinski definition) is 0. The minimum Gasteiger partial charge on any atom is -0.305 e. The van der Waals surface area contributed by atoms with E-state index >= 15 is 0 Å². The molecule has 0 radical (unpaired) electrons. The fraction of sp³-hybridized carbons (Fsp3) is 0.800. The third kappa shape index (κ3) is 1.47. The number of hydrogen-bond acceptors (Lipinski definition) is 1. The lowest BCUT2D eigenvalue weighted by Crippen LogP contribution is -2.19. The van der Waals surface area contributed by atoms with E-state index in [4.69, 9.17) is 0 Å². The molecule has 1 heterocycles. The monoisotopic (exact) mass is 229 g/mol. The number of nitrogens with zero attached hydrogens (tertiary/aromatic N) is 1. The largest absolute Gasteiger partial charge is 0.305 e. The Hall–Kier alpha value is 0.180. The Morgan fingerprint density at radius 2 is 2.25 bits per heavy atom. The van der Waals surface area contributed by atoms with Gasteiger partial charge in [-0.1, -0.05) is 28.9 Å². The molecule has 68 valence electrons. The Bertz CT molecular complexity index is 212. The molecule has 0 aromatic carbocycles. The van der Waals surface area contributed by atoms with Gasteiger partial charge in [-0.3, -0.25) is 0 Å². The zero-order valence-corrected chi connectivity index (χ0v) is 9.34. The summed E-state index contributed by atoms with van der Waals surface area (Å²) >= 11 is 3.65. The van der Waals surface area contributed by atoms with Crippen LogP contribution in [0.5, 0.6) is 0 Å². The van der Waals surface area contributed by atoms with Crippen molar-refractivity contribution in [3.8, 4) is 0 Å². The second-order valence-corrected chi connectivity index (χ2v) is 5.25. The summed E-state index contributed by atoms with van der Waals surface area (Å²) in [7, 11) is 2.23. The fourth-order valence-electron chi connectivity index (χ4n) is 2.49. The summed E-state index contributed by atoms with van der Waals surface area (Å²) < 4.78 is 1.43. The normalized spacial score (nSPS) is 42.6. The van der Waals surface area contributed by atoms with Crippen molar-refractivity contribution in [1.29, 1.82) is 0 Å². The lowest BCUT2D eigenvalue weighted by Gasteiger charge is -2.26. The molecule has 1 aliphatic heterocycles. The van der Waals surface area contributed by atoms with Gasteiger partial charge in [-0.05, 0) is 35.7 Å². The maximum Gasteiger partial charge on any atom is 0.00449 e. The van der Waals surface area contributed by atoms with E-state index in [1.54, 1.807) is 0 Å². The molecule has 3 atom stereocenters. The van der Waals surface area contributed by atoms with Gasteiger partial charge in [0.15, 0.2) is 0 Å². The first-order valence-electron chi connectivity index (χ1n) is 4.72. The van der Waals surface area contributed by atoms with E-state index in [9.17, 15) is 0 Å². The van der Waals surface area contributed by atoms with Gasteiger partial charge in [-0.25, -0.2) is 0 Å². The molecule has 0 saturated carbocycles. The van der Waals surface area contributed by atoms with E-state index in [-0.39, 0.29) is 0 Å². The Labute approximate surface area is 82.9 Å². The molecule has 12 heavy (non-hydrogen) atoms. The predicted octanol–water partition coefficient (Wildman–Crippen LogP) is 2.48. The van der Waals surface area contributed by atoms with Crippen molar-refractivity contribution in [2.24, 2.45) is 17.8 Å². The third-order valence-corrected chi connectivity index (χ3v) is 4.22. The van der Waals surface area contributed by atoms with Gasteiger partial charge in [0, 0.05) is 13.1 Å². The van der Waals surface area contributed by atoms with E-state index in [0.717, 1.165) is 17.8 Å². The van der Waals surface area contributed by atoms with Gasteiger partial charge < -0.3 is 4.90 Å². The lowest BCUT2D eigenvalue weighted by atomic mass is 9.82. The first-order chi connectivity index (χ1) is 5.66. The second kappa shape index (κ2) is 3.15. The highest BCUT2D eigenvalue weighted by Crippen LogP contribution is 2.39. The molecule has 0 amide bonds. The van der Waals surface area contributed by atoms with E-state index in [0.29, 0.717) is 0 Å². The minimum atomic E-state index is 0.748. The molecule has 1 saturated heterocycles. The molecule has 2 aliphatic rings. The highest BCUT2D eigenvalue weighted by Gasteiger charge is 2.34. The molecule has 1 aliphatic carbocycles. The maximum absolute atomic E-state index is 3.65. The number of likely N-dealkylation sites (tertiary alicyclic amines) is 1. The zero-order valence-electron chi connectivity index (χ0n) is 7.76. The molecule has 0 bridgehead atoms. The Morgan fingerprint density at radius 1 is 1.50 bits per heavy atom.